The molecular weight excluding hydrogens is 874 g/mol. The molecule has 7 atom stereocenters. The molecule has 2 saturated heterocycles. The number of rotatable bonds is 14. The number of carbonyl (C=O) groups is 2. The number of benzene rings is 3. The first-order valence-electron chi connectivity index (χ1n) is 23.4. The molecule has 0 spiro atoms. The third-order valence-corrected chi connectivity index (χ3v) is 14.7. The minimum Gasteiger partial charge on any atom is -0.465 e. The lowest BCUT2D eigenvalue weighted by molar-refractivity contribution is -0.0440. The van der Waals surface area contributed by atoms with Crippen molar-refractivity contribution in [3.8, 4) is 28.3 Å². The number of carbonyl (C=O) groups excluding carboxylic acids is 2. The van der Waals surface area contributed by atoms with Crippen molar-refractivity contribution in [3.63, 3.8) is 0 Å². The van der Waals surface area contributed by atoms with Crippen molar-refractivity contribution in [2.45, 2.75) is 101 Å². The lowest BCUT2D eigenvalue weighted by Gasteiger charge is -2.35. The van der Waals surface area contributed by atoms with Crippen LogP contribution >= 0.6 is 11.8 Å². The van der Waals surface area contributed by atoms with Crippen LogP contribution in [-0.4, -0.2) is 125 Å². The minimum atomic E-state index is -0.940. The molecule has 5 N–H and O–H groups in total. The van der Waals surface area contributed by atoms with Gasteiger partial charge < -0.3 is 39.5 Å². The molecule has 3 aromatic carbocycles. The van der Waals surface area contributed by atoms with Crippen LogP contribution in [0.3, 0.4) is 0 Å². The summed E-state index contributed by atoms with van der Waals surface area (Å²) >= 11 is 1.65. The van der Waals surface area contributed by atoms with Crippen LogP contribution in [0.2, 0.25) is 0 Å². The molecule has 2 fully saturated rings. The van der Waals surface area contributed by atoms with Crippen molar-refractivity contribution in [1.82, 2.24) is 40.3 Å². The summed E-state index contributed by atoms with van der Waals surface area (Å²) < 4.78 is 35.7. The molecule has 0 radical (unpaired) electrons. The number of halogens is 1. The fourth-order valence-electron chi connectivity index (χ4n) is 10.3. The summed E-state index contributed by atoms with van der Waals surface area (Å²) in [5.74, 6) is 0.970. The average molecular weight is 936 g/mol. The summed E-state index contributed by atoms with van der Waals surface area (Å²) in [6.07, 6.45) is 4.81. The first kappa shape index (κ1) is 46.6. The van der Waals surface area contributed by atoms with Crippen LogP contribution in [0.5, 0.6) is 5.75 Å². The topological polar surface area (TPSA) is 171 Å². The summed E-state index contributed by atoms with van der Waals surface area (Å²) in [5, 5.41) is 21.9. The Bertz CT molecular complexity index is 2650. The summed E-state index contributed by atoms with van der Waals surface area (Å²) in [7, 11) is 2.70. The van der Waals surface area contributed by atoms with Crippen molar-refractivity contribution in [1.29, 1.82) is 0 Å². The Balaban J connectivity index is 1.02. The number of aliphatic hydroxyl groups is 1. The monoisotopic (exact) mass is 935 g/mol. The number of ether oxygens (including phenoxy) is 3. The number of aliphatic imine (C=N–C) groups is 1. The van der Waals surface area contributed by atoms with E-state index in [0.717, 1.165) is 76.4 Å². The van der Waals surface area contributed by atoms with Crippen molar-refractivity contribution in [2.75, 3.05) is 46.7 Å². The maximum atomic E-state index is 16.9. The van der Waals surface area contributed by atoms with Gasteiger partial charge >= 0.3 is 12.2 Å². The van der Waals surface area contributed by atoms with Gasteiger partial charge in [0.1, 0.15) is 29.8 Å². The van der Waals surface area contributed by atoms with Crippen molar-refractivity contribution in [3.05, 3.63) is 89.6 Å². The van der Waals surface area contributed by atoms with E-state index in [1.807, 2.05) is 55.5 Å². The van der Waals surface area contributed by atoms with Gasteiger partial charge in [-0.2, -0.15) is 0 Å². The van der Waals surface area contributed by atoms with E-state index < -0.39 is 36.5 Å². The maximum Gasteiger partial charge on any atom is 0.407 e. The van der Waals surface area contributed by atoms with Crippen LogP contribution in [0.15, 0.2) is 76.7 Å². The van der Waals surface area contributed by atoms with Gasteiger partial charge in [0, 0.05) is 58.7 Å². The van der Waals surface area contributed by atoms with E-state index >= 15 is 4.39 Å². The number of aromatic amines is 1. The highest BCUT2D eigenvalue weighted by Crippen LogP contribution is 2.47. The fraction of sp³-hybridized carbons (Fsp3) is 0.480. The second-order valence-corrected chi connectivity index (χ2v) is 19.6. The molecule has 6 heterocycles. The van der Waals surface area contributed by atoms with Crippen molar-refractivity contribution in [2.24, 2.45) is 16.8 Å². The van der Waals surface area contributed by atoms with E-state index in [-0.39, 0.29) is 36.1 Å². The number of hydrogen-bond donors (Lipinski definition) is 5. The summed E-state index contributed by atoms with van der Waals surface area (Å²) in [6.45, 7) is 10.8. The highest BCUT2D eigenvalue weighted by atomic mass is 32.2. The first-order valence-corrected chi connectivity index (χ1v) is 24.6. The van der Waals surface area contributed by atoms with Crippen molar-refractivity contribution < 1.29 is 33.3 Å². The lowest BCUT2D eigenvalue weighted by Crippen LogP contribution is -2.54. The summed E-state index contributed by atoms with van der Waals surface area (Å²) in [5.41, 5.74) is 6.12. The summed E-state index contributed by atoms with van der Waals surface area (Å²) in [4.78, 5) is 43.3. The zero-order valence-corrected chi connectivity index (χ0v) is 40.0. The molecular formula is C50H62FN9O6S. The van der Waals surface area contributed by atoms with E-state index in [0.29, 0.717) is 42.2 Å². The fourth-order valence-corrected chi connectivity index (χ4v) is 10.8. The van der Waals surface area contributed by atoms with Crippen LogP contribution in [0.25, 0.3) is 33.4 Å². The number of aliphatic hydroxyl groups excluding tert-OH is 1. The number of amides is 2. The highest BCUT2D eigenvalue weighted by Gasteiger charge is 2.40. The highest BCUT2D eigenvalue weighted by molar-refractivity contribution is 7.98. The van der Waals surface area contributed by atoms with E-state index in [4.69, 9.17) is 24.2 Å². The number of hydrogen-bond acceptors (Lipinski definition) is 12. The third-order valence-electron chi connectivity index (χ3n) is 14.0. The molecule has 2 aromatic heterocycles. The van der Waals surface area contributed by atoms with Gasteiger partial charge in [0.15, 0.2) is 0 Å². The van der Waals surface area contributed by atoms with Crippen LogP contribution in [0.1, 0.15) is 82.6 Å². The maximum absolute atomic E-state index is 16.9. The third kappa shape index (κ3) is 9.28. The van der Waals surface area contributed by atoms with E-state index in [9.17, 15) is 14.7 Å². The molecule has 9 rings (SSSR count). The predicted octanol–water partition coefficient (Wildman–Crippen LogP) is 7.90. The summed E-state index contributed by atoms with van der Waals surface area (Å²) in [6, 6.07) is 19.4. The van der Waals surface area contributed by atoms with Crippen LogP contribution in [-0.2, 0) is 9.47 Å². The Kier molecular flexibility index (Phi) is 13.7. The number of likely N-dealkylation sites (tertiary alicyclic amines) is 2. The van der Waals surface area contributed by atoms with E-state index in [1.165, 1.54) is 14.2 Å². The number of aromatic nitrogens is 3. The predicted molar refractivity (Wildman–Crippen MR) is 258 cm³/mol. The second kappa shape index (κ2) is 19.6. The molecule has 7 unspecified atom stereocenters. The Morgan fingerprint density at radius 3 is 2.52 bits per heavy atom. The van der Waals surface area contributed by atoms with Gasteiger partial charge in [0.05, 0.1) is 60.7 Å². The minimum absolute atomic E-state index is 0.0428. The molecule has 15 nitrogen and oxygen atoms in total. The Morgan fingerprint density at radius 2 is 1.76 bits per heavy atom. The largest absolute Gasteiger partial charge is 0.465 e. The van der Waals surface area contributed by atoms with Gasteiger partial charge in [-0.15, -0.1) is 11.8 Å². The number of thioether (sulfide) groups is 1. The number of nitrogens with one attached hydrogen (secondary N) is 4. The van der Waals surface area contributed by atoms with E-state index in [1.54, 1.807) is 17.8 Å². The van der Waals surface area contributed by atoms with Gasteiger partial charge in [-0.05, 0) is 92.8 Å². The standard InChI is InChI=1S/C50H62FN9O6S/c1-27(2)37(56-49(62)64-5)26-58-17-9-13-39(58)45-52-25-36(55-45)31-21-34(51)43-41-22-32-19-29(15-16-38(32)60(41)48(66-42(43)23-31)30-11-8-12-33(20-30)67-7)35-24-53-46(54-35)40-14-10-18-59(40)47(61)44(28(3)4)57-50(63)65-6/h8,11-12,15-16,19-24,27-28,37,39-40,44-45,47-48,52,61H,9-10,13-14,17-18,25-26H2,1-7H3,(H,53,54)(H,56,62)(H,57,63). The van der Waals surface area contributed by atoms with Gasteiger partial charge in [0.2, 0.25) is 6.23 Å². The number of imidazole rings is 1. The molecule has 0 aliphatic carbocycles. The SMILES string of the molecule is COC(=O)NC(CN1CCCC1C1N=C(c2cc(F)c3c(c2)OC(c2cccc(SC)c2)n2c-3cc3cc(-c4cnc(C5CCCN5C(O)C(NC(=O)OC)C(C)C)[nH]4)ccc32)CN1)C(C)C. The molecule has 17 heteroatoms. The van der Waals surface area contributed by atoms with Crippen LogP contribution < -0.4 is 20.7 Å². The smallest absolute Gasteiger partial charge is 0.407 e. The van der Waals surface area contributed by atoms with Gasteiger partial charge in [0.25, 0.3) is 0 Å². The number of nitrogens with zero attached hydrogens (tertiary/aromatic N) is 5. The molecule has 4 aliphatic rings. The Hall–Kier alpha value is -5.46. The number of fused-ring (bicyclic) bond motifs is 5. The average Bonchev–Trinajstić information content (AvgIpc) is 4.19. The number of alkyl carbamates (subject to hydrolysis) is 2. The van der Waals surface area contributed by atoms with E-state index in [2.05, 4.69) is 74.6 Å². The second-order valence-electron chi connectivity index (χ2n) is 18.7. The molecule has 0 bridgehead atoms. The first-order chi connectivity index (χ1) is 32.3. The van der Waals surface area contributed by atoms with Crippen LogP contribution in [0.4, 0.5) is 14.0 Å². The zero-order valence-electron chi connectivity index (χ0n) is 39.2. The Morgan fingerprint density at radius 1 is 0.970 bits per heavy atom. The normalized spacial score (nSPS) is 22.0. The zero-order chi connectivity index (χ0) is 47.1. The number of H-pyrrole nitrogens is 1. The van der Waals surface area contributed by atoms with Crippen molar-refractivity contribution >= 4 is 40.6 Å². The molecule has 4 aliphatic heterocycles. The molecule has 67 heavy (non-hydrogen) atoms. The van der Waals surface area contributed by atoms with Gasteiger partial charge in [-0.1, -0.05) is 45.9 Å². The molecule has 5 aromatic rings. The van der Waals surface area contributed by atoms with Gasteiger partial charge in [-0.3, -0.25) is 20.1 Å². The van der Waals surface area contributed by atoms with Crippen LogP contribution in [0, 0.1) is 17.7 Å². The quantitative estimate of drug-likeness (QED) is 0.0687. The number of methoxy groups -OCH3 is 2. The Labute approximate surface area is 395 Å². The van der Waals surface area contributed by atoms with Gasteiger partial charge in [-0.25, -0.2) is 19.0 Å². The molecule has 356 valence electrons. The molecule has 0 saturated carbocycles. The molecule has 2 amide bonds. The lowest BCUT2D eigenvalue weighted by atomic mass is 10.0.